The molecule has 0 fully saturated rings. The van der Waals surface area contributed by atoms with Crippen molar-refractivity contribution < 1.29 is 14.4 Å². The van der Waals surface area contributed by atoms with Gasteiger partial charge in [-0.2, -0.15) is 0 Å². The molecule has 1 atom stereocenters. The van der Waals surface area contributed by atoms with Crippen LogP contribution in [0.2, 0.25) is 0 Å². The number of hydrogen-bond donors (Lipinski definition) is 1. The van der Waals surface area contributed by atoms with E-state index in [2.05, 4.69) is 5.32 Å². The molecule has 6 heteroatoms. The van der Waals surface area contributed by atoms with Crippen LogP contribution in [-0.4, -0.2) is 25.7 Å². The second kappa shape index (κ2) is 6.88. The van der Waals surface area contributed by atoms with Crippen LogP contribution in [0.3, 0.4) is 0 Å². The summed E-state index contributed by atoms with van der Waals surface area (Å²) in [4.78, 5) is 10.4. The first-order valence-corrected chi connectivity index (χ1v) is 7.84. The average molecular weight is 328 g/mol. The number of benzene rings is 2. The summed E-state index contributed by atoms with van der Waals surface area (Å²) in [6.45, 7) is 0.889. The van der Waals surface area contributed by atoms with E-state index >= 15 is 0 Å². The van der Waals surface area contributed by atoms with Crippen molar-refractivity contribution in [3.05, 3.63) is 63.2 Å². The third kappa shape index (κ3) is 3.19. The molecule has 24 heavy (non-hydrogen) atoms. The molecule has 0 bridgehead atoms. The van der Waals surface area contributed by atoms with Crippen LogP contribution in [0.1, 0.15) is 22.7 Å². The first-order chi connectivity index (χ1) is 11.6. The Bertz CT molecular complexity index is 743. The highest BCUT2D eigenvalue weighted by atomic mass is 16.6. The zero-order chi connectivity index (χ0) is 17.1. The molecular formula is C18H20N2O4. The van der Waals surface area contributed by atoms with Gasteiger partial charge in [-0.15, -0.1) is 0 Å². The normalized spacial score (nSPS) is 16.3. The molecule has 0 amide bonds. The maximum absolute atomic E-state index is 10.8. The minimum Gasteiger partial charge on any atom is -0.493 e. The molecule has 1 heterocycles. The highest BCUT2D eigenvalue weighted by molar-refractivity contribution is 5.50. The van der Waals surface area contributed by atoms with Crippen LogP contribution in [0.5, 0.6) is 11.5 Å². The zero-order valence-corrected chi connectivity index (χ0v) is 13.7. The van der Waals surface area contributed by atoms with Gasteiger partial charge < -0.3 is 14.8 Å². The van der Waals surface area contributed by atoms with Crippen LogP contribution in [0, 0.1) is 10.1 Å². The second-order valence-electron chi connectivity index (χ2n) is 5.79. The molecule has 0 saturated heterocycles. The van der Waals surface area contributed by atoms with Crippen LogP contribution in [0.4, 0.5) is 5.69 Å². The van der Waals surface area contributed by atoms with E-state index in [9.17, 15) is 10.1 Å². The number of nitrogens with zero attached hydrogens (tertiary/aromatic N) is 1. The summed E-state index contributed by atoms with van der Waals surface area (Å²) in [6.07, 6.45) is 1.70. The first kappa shape index (κ1) is 16.3. The predicted molar refractivity (Wildman–Crippen MR) is 90.8 cm³/mol. The number of nitro groups is 1. The maximum atomic E-state index is 10.8. The molecule has 0 spiro atoms. The van der Waals surface area contributed by atoms with Gasteiger partial charge in [-0.05, 0) is 48.2 Å². The van der Waals surface area contributed by atoms with Crippen molar-refractivity contribution in [2.24, 2.45) is 0 Å². The van der Waals surface area contributed by atoms with Gasteiger partial charge in [-0.3, -0.25) is 10.1 Å². The van der Waals surface area contributed by atoms with Crippen molar-refractivity contribution in [1.29, 1.82) is 0 Å². The molecule has 1 unspecified atom stereocenters. The molecule has 0 saturated carbocycles. The molecule has 6 nitrogen and oxygen atoms in total. The van der Waals surface area contributed by atoms with Crippen molar-refractivity contribution in [2.75, 3.05) is 20.8 Å². The Kier molecular flexibility index (Phi) is 4.66. The molecule has 1 aliphatic heterocycles. The maximum Gasteiger partial charge on any atom is 0.269 e. The standard InChI is InChI=1S/C18H20N2O4/c1-23-17-10-13-7-8-19-16(15(13)11-18(17)24-2)9-12-3-5-14(6-4-12)20(21)22/h3-6,10-11,16,19H,7-9H2,1-2H3. The molecule has 1 N–H and O–H groups in total. The van der Waals surface area contributed by atoms with E-state index in [0.29, 0.717) is 5.75 Å². The fourth-order valence-electron chi connectivity index (χ4n) is 3.14. The van der Waals surface area contributed by atoms with Gasteiger partial charge in [-0.25, -0.2) is 0 Å². The number of fused-ring (bicyclic) bond motifs is 1. The summed E-state index contributed by atoms with van der Waals surface area (Å²) in [5.41, 5.74) is 3.61. The second-order valence-corrected chi connectivity index (χ2v) is 5.79. The van der Waals surface area contributed by atoms with E-state index in [0.717, 1.165) is 30.7 Å². The first-order valence-electron chi connectivity index (χ1n) is 7.84. The molecule has 1 aliphatic rings. The quantitative estimate of drug-likeness (QED) is 0.674. The van der Waals surface area contributed by atoms with Crippen LogP contribution in [-0.2, 0) is 12.8 Å². The van der Waals surface area contributed by atoms with E-state index in [1.54, 1.807) is 26.4 Å². The van der Waals surface area contributed by atoms with Crippen molar-refractivity contribution in [1.82, 2.24) is 5.32 Å². The SMILES string of the molecule is COc1cc2c(cc1OC)C(Cc1ccc([N+](=O)[O-])cc1)NCC2. The lowest BCUT2D eigenvalue weighted by Crippen LogP contribution is -2.31. The molecule has 3 rings (SSSR count). The lowest BCUT2D eigenvalue weighted by Gasteiger charge is -2.28. The van der Waals surface area contributed by atoms with Gasteiger partial charge in [0.2, 0.25) is 0 Å². The van der Waals surface area contributed by atoms with E-state index in [-0.39, 0.29) is 16.7 Å². The van der Waals surface area contributed by atoms with Crippen LogP contribution < -0.4 is 14.8 Å². The van der Waals surface area contributed by atoms with Gasteiger partial charge in [0.1, 0.15) is 0 Å². The summed E-state index contributed by atoms with van der Waals surface area (Å²) in [5, 5.41) is 14.3. The average Bonchev–Trinajstić information content (AvgIpc) is 2.61. The zero-order valence-electron chi connectivity index (χ0n) is 13.7. The summed E-state index contributed by atoms with van der Waals surface area (Å²) >= 11 is 0. The number of non-ortho nitro benzene ring substituents is 1. The number of ether oxygens (including phenoxy) is 2. The number of nitrogens with one attached hydrogen (secondary N) is 1. The van der Waals surface area contributed by atoms with Gasteiger partial charge >= 0.3 is 0 Å². The third-order valence-corrected chi connectivity index (χ3v) is 4.39. The summed E-state index contributed by atoms with van der Waals surface area (Å²) in [5.74, 6) is 1.46. The van der Waals surface area contributed by atoms with Crippen LogP contribution in [0.15, 0.2) is 36.4 Å². The van der Waals surface area contributed by atoms with Gasteiger partial charge in [0.15, 0.2) is 11.5 Å². The van der Waals surface area contributed by atoms with E-state index in [1.165, 1.54) is 11.1 Å². The molecule has 0 aliphatic carbocycles. The molecule has 126 valence electrons. The van der Waals surface area contributed by atoms with Crippen molar-refractivity contribution >= 4 is 5.69 Å². The number of methoxy groups -OCH3 is 2. The number of rotatable bonds is 5. The van der Waals surface area contributed by atoms with Crippen molar-refractivity contribution in [3.8, 4) is 11.5 Å². The monoisotopic (exact) mass is 328 g/mol. The smallest absolute Gasteiger partial charge is 0.269 e. The van der Waals surface area contributed by atoms with Crippen molar-refractivity contribution in [2.45, 2.75) is 18.9 Å². The van der Waals surface area contributed by atoms with Crippen LogP contribution >= 0.6 is 0 Å². The summed E-state index contributed by atoms with van der Waals surface area (Å²) in [6, 6.07) is 10.9. The third-order valence-electron chi connectivity index (χ3n) is 4.39. The Balaban J connectivity index is 1.87. The lowest BCUT2D eigenvalue weighted by atomic mass is 9.90. The Morgan fingerprint density at radius 2 is 1.83 bits per heavy atom. The number of nitro benzene ring substituents is 1. The summed E-state index contributed by atoms with van der Waals surface area (Å²) in [7, 11) is 3.27. The predicted octanol–water partition coefficient (Wildman–Crippen LogP) is 3.04. The highest BCUT2D eigenvalue weighted by Crippen LogP contribution is 2.36. The van der Waals surface area contributed by atoms with E-state index in [1.807, 2.05) is 24.3 Å². The lowest BCUT2D eigenvalue weighted by molar-refractivity contribution is -0.384. The van der Waals surface area contributed by atoms with Gasteiger partial charge in [0.25, 0.3) is 5.69 Å². The Hall–Kier alpha value is -2.60. The van der Waals surface area contributed by atoms with Gasteiger partial charge in [0.05, 0.1) is 19.1 Å². The summed E-state index contributed by atoms with van der Waals surface area (Å²) < 4.78 is 10.8. The molecule has 0 aromatic heterocycles. The molecular weight excluding hydrogens is 308 g/mol. The minimum atomic E-state index is -0.380. The van der Waals surface area contributed by atoms with Gasteiger partial charge in [0, 0.05) is 18.2 Å². The molecule has 2 aromatic carbocycles. The van der Waals surface area contributed by atoms with Crippen molar-refractivity contribution in [3.63, 3.8) is 0 Å². The fourth-order valence-corrected chi connectivity index (χ4v) is 3.14. The fraction of sp³-hybridized carbons (Fsp3) is 0.333. The highest BCUT2D eigenvalue weighted by Gasteiger charge is 2.23. The molecule has 0 radical (unpaired) electrons. The largest absolute Gasteiger partial charge is 0.493 e. The topological polar surface area (TPSA) is 73.6 Å². The number of hydrogen-bond acceptors (Lipinski definition) is 5. The van der Waals surface area contributed by atoms with E-state index < -0.39 is 0 Å². The Morgan fingerprint density at radius 1 is 1.17 bits per heavy atom. The Labute approximate surface area is 140 Å². The minimum absolute atomic E-state index is 0.113. The molecule has 2 aromatic rings. The van der Waals surface area contributed by atoms with Gasteiger partial charge in [-0.1, -0.05) is 12.1 Å². The van der Waals surface area contributed by atoms with Crippen LogP contribution in [0.25, 0.3) is 0 Å². The Morgan fingerprint density at radius 3 is 2.46 bits per heavy atom. The van der Waals surface area contributed by atoms with E-state index in [4.69, 9.17) is 9.47 Å².